The predicted molar refractivity (Wildman–Crippen MR) is 204 cm³/mol. The standard InChI is InChI=1S/C39H44FN9O6/c1-46-20-27(26-19-41-43-36(26)38(46)52)24-17-31(54-2)28(32(18-24)55-3)21-47-11-8-23(9-12-47)30(50)16-22-6-13-48(14-7-22)29-5-4-25-35(34(29)40)44-45-37(25)49-15-10-33(51)42-39(49)53/h4-5,17-20,22-23H,6-16,21H2,1-3H3,(H,41,43)(H,44,45)(H,42,51,53). The van der Waals surface area contributed by atoms with Crippen molar-refractivity contribution in [1.82, 2.24) is 35.2 Å². The summed E-state index contributed by atoms with van der Waals surface area (Å²) in [5.41, 5.74) is 3.57. The van der Waals surface area contributed by atoms with E-state index in [-0.39, 0.29) is 47.6 Å². The van der Waals surface area contributed by atoms with Gasteiger partial charge in [-0.2, -0.15) is 10.2 Å². The molecule has 16 heteroatoms. The monoisotopic (exact) mass is 753 g/mol. The van der Waals surface area contributed by atoms with Crippen LogP contribution < -0.4 is 30.1 Å². The van der Waals surface area contributed by atoms with Gasteiger partial charge in [-0.3, -0.25) is 39.7 Å². The number of carbonyl (C=O) groups is 3. The van der Waals surface area contributed by atoms with E-state index in [4.69, 9.17) is 9.47 Å². The van der Waals surface area contributed by atoms with Gasteiger partial charge in [-0.1, -0.05) is 0 Å². The van der Waals surface area contributed by atoms with Gasteiger partial charge in [0, 0.05) is 74.5 Å². The average Bonchev–Trinajstić information content (AvgIpc) is 3.86. The van der Waals surface area contributed by atoms with Crippen molar-refractivity contribution in [3.8, 4) is 22.6 Å². The normalized spacial score (nSPS) is 17.7. The van der Waals surface area contributed by atoms with Crippen LogP contribution in [0.4, 0.5) is 20.7 Å². The molecule has 6 heterocycles. The Labute approximate surface area is 315 Å². The molecular formula is C39H44FN9O6. The number of nitrogens with zero attached hydrogens (tertiary/aromatic N) is 6. The minimum Gasteiger partial charge on any atom is -0.496 e. The van der Waals surface area contributed by atoms with Crippen molar-refractivity contribution >= 4 is 51.0 Å². The number of aromatic amines is 2. The number of aryl methyl sites for hydroxylation is 1. The summed E-state index contributed by atoms with van der Waals surface area (Å²) in [6.07, 6.45) is 7.27. The number of piperidine rings is 2. The molecule has 0 spiro atoms. The molecule has 0 aliphatic carbocycles. The smallest absolute Gasteiger partial charge is 0.329 e. The highest BCUT2D eigenvalue weighted by atomic mass is 19.1. The van der Waals surface area contributed by atoms with E-state index >= 15 is 4.39 Å². The fraction of sp³-hybridized carbons (Fsp3) is 0.436. The van der Waals surface area contributed by atoms with Gasteiger partial charge in [-0.05, 0) is 74.5 Å². The van der Waals surface area contributed by atoms with Gasteiger partial charge in [0.15, 0.2) is 11.6 Å². The molecule has 3 fully saturated rings. The van der Waals surface area contributed by atoms with Crippen molar-refractivity contribution in [2.75, 3.05) is 56.7 Å². The maximum atomic E-state index is 15.8. The number of carbonyl (C=O) groups excluding carboxylic acids is 3. The zero-order valence-electron chi connectivity index (χ0n) is 31.1. The highest BCUT2D eigenvalue weighted by molar-refractivity contribution is 6.09. The Bertz CT molecular complexity index is 2330. The Morgan fingerprint density at radius 1 is 0.927 bits per heavy atom. The van der Waals surface area contributed by atoms with Gasteiger partial charge in [-0.25, -0.2) is 9.18 Å². The number of nitrogens with one attached hydrogen (secondary N) is 3. The number of hydrogen-bond donors (Lipinski definition) is 3. The molecule has 3 aliphatic rings. The summed E-state index contributed by atoms with van der Waals surface area (Å²) in [7, 11) is 4.99. The molecule has 55 heavy (non-hydrogen) atoms. The second-order valence-corrected chi connectivity index (χ2v) is 14.8. The molecule has 15 nitrogen and oxygen atoms in total. The molecule has 3 aliphatic heterocycles. The number of Topliss-reactive ketones (excluding diaryl/α,β-unsaturated/α-hetero) is 1. The first-order chi connectivity index (χ1) is 26.6. The van der Waals surface area contributed by atoms with Crippen molar-refractivity contribution in [1.29, 1.82) is 0 Å². The lowest BCUT2D eigenvalue weighted by Crippen LogP contribution is -2.49. The largest absolute Gasteiger partial charge is 0.496 e. The topological polar surface area (TPSA) is 171 Å². The number of imide groups is 1. The van der Waals surface area contributed by atoms with Gasteiger partial charge >= 0.3 is 6.03 Å². The number of hydrogen-bond acceptors (Lipinski definition) is 10. The maximum absolute atomic E-state index is 15.8. The number of urea groups is 1. The van der Waals surface area contributed by atoms with Gasteiger partial charge in [0.25, 0.3) is 5.56 Å². The lowest BCUT2D eigenvalue weighted by Gasteiger charge is -2.35. The summed E-state index contributed by atoms with van der Waals surface area (Å²) >= 11 is 0. The van der Waals surface area contributed by atoms with E-state index in [1.807, 2.05) is 17.0 Å². The number of likely N-dealkylation sites (tertiary alicyclic amines) is 1. The molecule has 0 saturated carbocycles. The van der Waals surface area contributed by atoms with Gasteiger partial charge < -0.3 is 18.9 Å². The molecule has 8 rings (SSSR count). The molecule has 0 atom stereocenters. The Balaban J connectivity index is 0.860. The second kappa shape index (κ2) is 14.8. The number of ketones is 1. The number of halogens is 1. The first-order valence-corrected chi connectivity index (χ1v) is 18.7. The number of ether oxygens (including phenoxy) is 2. The van der Waals surface area contributed by atoms with Crippen LogP contribution in [0, 0.1) is 17.7 Å². The van der Waals surface area contributed by atoms with E-state index in [2.05, 4.69) is 30.6 Å². The zero-order valence-corrected chi connectivity index (χ0v) is 31.1. The SMILES string of the molecule is COc1cc(-c2cn(C)c(=O)c3[nH]ncc23)cc(OC)c1CN1CCC(C(=O)CC2CCN(c3ccc4c(N5CCC(=O)NC5=O)n[nH]c4c3F)CC2)CC1. The molecule has 5 aromatic rings. The molecule has 0 unspecified atom stereocenters. The summed E-state index contributed by atoms with van der Waals surface area (Å²) in [4.78, 5) is 55.7. The molecule has 3 saturated heterocycles. The number of benzene rings is 2. The first-order valence-electron chi connectivity index (χ1n) is 18.7. The summed E-state index contributed by atoms with van der Waals surface area (Å²) in [5.74, 6) is 1.44. The van der Waals surface area contributed by atoms with E-state index in [9.17, 15) is 19.2 Å². The van der Waals surface area contributed by atoms with E-state index in [1.165, 1.54) is 9.47 Å². The van der Waals surface area contributed by atoms with Crippen LogP contribution in [0.2, 0.25) is 0 Å². The molecule has 0 radical (unpaired) electrons. The predicted octanol–water partition coefficient (Wildman–Crippen LogP) is 4.50. The number of fused-ring (bicyclic) bond motifs is 2. The van der Waals surface area contributed by atoms with Crippen LogP contribution in [0.25, 0.3) is 32.9 Å². The molecule has 3 amide bonds. The van der Waals surface area contributed by atoms with Crippen molar-refractivity contribution in [3.05, 3.63) is 58.4 Å². The van der Waals surface area contributed by atoms with Crippen molar-refractivity contribution in [2.24, 2.45) is 18.9 Å². The minimum absolute atomic E-state index is 0.0112. The molecule has 3 aromatic heterocycles. The van der Waals surface area contributed by atoms with Gasteiger partial charge in [0.05, 0.1) is 31.7 Å². The Morgan fingerprint density at radius 3 is 2.35 bits per heavy atom. The fourth-order valence-corrected chi connectivity index (χ4v) is 8.39. The second-order valence-electron chi connectivity index (χ2n) is 14.8. The third kappa shape index (κ3) is 6.79. The highest BCUT2D eigenvalue weighted by Gasteiger charge is 2.32. The van der Waals surface area contributed by atoms with E-state index in [0.717, 1.165) is 60.8 Å². The lowest BCUT2D eigenvalue weighted by molar-refractivity contribution is -0.125. The van der Waals surface area contributed by atoms with Gasteiger partial charge in [-0.15, -0.1) is 0 Å². The molecule has 2 aromatic carbocycles. The minimum atomic E-state index is -0.572. The third-order valence-corrected chi connectivity index (χ3v) is 11.5. The Morgan fingerprint density at radius 2 is 1.65 bits per heavy atom. The van der Waals surface area contributed by atoms with Crippen LogP contribution in [-0.2, 0) is 23.2 Å². The van der Waals surface area contributed by atoms with E-state index in [0.29, 0.717) is 59.9 Å². The summed E-state index contributed by atoms with van der Waals surface area (Å²) in [6, 6.07) is 6.83. The van der Waals surface area contributed by atoms with Gasteiger partial charge in [0.1, 0.15) is 28.3 Å². The lowest BCUT2D eigenvalue weighted by atomic mass is 9.84. The number of anilines is 2. The number of methoxy groups -OCH3 is 2. The van der Waals surface area contributed by atoms with Crippen LogP contribution in [0.15, 0.2) is 41.5 Å². The van der Waals surface area contributed by atoms with Crippen LogP contribution in [0.3, 0.4) is 0 Å². The molecule has 3 N–H and O–H groups in total. The summed E-state index contributed by atoms with van der Waals surface area (Å²) in [5, 5.41) is 17.3. The van der Waals surface area contributed by atoms with Crippen molar-refractivity contribution in [3.63, 3.8) is 0 Å². The Kier molecular flexibility index (Phi) is 9.75. The molecular weight excluding hydrogens is 709 g/mol. The maximum Gasteiger partial charge on any atom is 0.329 e. The summed E-state index contributed by atoms with van der Waals surface area (Å²) < 4.78 is 29.0. The first kappa shape index (κ1) is 36.2. The van der Waals surface area contributed by atoms with E-state index in [1.54, 1.807) is 45.8 Å². The number of rotatable bonds is 10. The van der Waals surface area contributed by atoms with Crippen LogP contribution >= 0.6 is 0 Å². The van der Waals surface area contributed by atoms with Crippen molar-refractivity contribution < 1.29 is 28.2 Å². The van der Waals surface area contributed by atoms with Crippen LogP contribution in [0.1, 0.15) is 44.1 Å². The van der Waals surface area contributed by atoms with Gasteiger partial charge in [0.2, 0.25) is 5.91 Å². The zero-order chi connectivity index (χ0) is 38.4. The molecule has 288 valence electrons. The number of pyridine rings is 1. The third-order valence-electron chi connectivity index (χ3n) is 11.5. The molecule has 0 bridgehead atoms. The average molecular weight is 754 g/mol. The Hall–Kier alpha value is -5.77. The number of aromatic nitrogens is 5. The fourth-order valence-electron chi connectivity index (χ4n) is 8.39. The van der Waals surface area contributed by atoms with E-state index < -0.39 is 11.8 Å². The highest BCUT2D eigenvalue weighted by Crippen LogP contribution is 2.39. The number of amides is 3. The van der Waals surface area contributed by atoms with Crippen LogP contribution in [0.5, 0.6) is 11.5 Å². The number of H-pyrrole nitrogens is 2. The quantitative estimate of drug-likeness (QED) is 0.185. The van der Waals surface area contributed by atoms with Crippen LogP contribution in [-0.4, -0.2) is 94.5 Å². The summed E-state index contributed by atoms with van der Waals surface area (Å²) in [6.45, 7) is 3.60. The van der Waals surface area contributed by atoms with Crippen molar-refractivity contribution in [2.45, 2.75) is 45.1 Å².